The maximum atomic E-state index is 12.7. The molecule has 0 fully saturated rings. The Labute approximate surface area is 63.2 Å². The van der Waals surface area contributed by atoms with Gasteiger partial charge >= 0.3 is 0 Å². The Morgan fingerprint density at radius 3 is 3.09 bits per heavy atom. The molecule has 11 heavy (non-hydrogen) atoms. The number of nitrogens with zero attached hydrogens (tertiary/aromatic N) is 2. The van der Waals surface area contributed by atoms with Crippen LogP contribution in [0.25, 0.3) is 0 Å². The van der Waals surface area contributed by atoms with Crippen molar-refractivity contribution >= 4 is 5.95 Å². The number of nitrogen functional groups attached to an aromatic ring is 1. The van der Waals surface area contributed by atoms with Crippen LogP contribution in [0.15, 0.2) is 6.20 Å². The summed E-state index contributed by atoms with van der Waals surface area (Å²) in [5.41, 5.74) is 5.19. The highest BCUT2D eigenvalue weighted by Gasteiger charge is 2.04. The van der Waals surface area contributed by atoms with Crippen LogP contribution in [0.2, 0.25) is 0 Å². The highest BCUT2D eigenvalue weighted by atomic mass is 19.1. The first-order valence-corrected chi connectivity index (χ1v) is 3.15. The largest absolute Gasteiger partial charge is 0.476 e. The zero-order valence-electron chi connectivity index (χ0n) is 6.04. The smallest absolute Gasteiger partial charge is 0.255 e. The maximum absolute atomic E-state index is 12.7. The van der Waals surface area contributed by atoms with E-state index in [9.17, 15) is 4.39 Å². The SMILES string of the molecule is CCOc1nc(N)ncc1F. The molecule has 1 rings (SSSR count). The fourth-order valence-corrected chi connectivity index (χ4v) is 0.602. The average molecular weight is 157 g/mol. The minimum Gasteiger partial charge on any atom is -0.476 e. The summed E-state index contributed by atoms with van der Waals surface area (Å²) in [5, 5.41) is 0. The average Bonchev–Trinajstić information content (AvgIpc) is 1.98. The monoisotopic (exact) mass is 157 g/mol. The van der Waals surface area contributed by atoms with Crippen molar-refractivity contribution in [1.29, 1.82) is 0 Å². The summed E-state index contributed by atoms with van der Waals surface area (Å²) in [6.45, 7) is 2.09. The van der Waals surface area contributed by atoms with E-state index in [2.05, 4.69) is 9.97 Å². The molecule has 4 nitrogen and oxygen atoms in total. The molecule has 1 aromatic heterocycles. The summed E-state index contributed by atoms with van der Waals surface area (Å²) >= 11 is 0. The molecule has 0 saturated carbocycles. The third kappa shape index (κ3) is 1.76. The van der Waals surface area contributed by atoms with Crippen LogP contribution in [0.1, 0.15) is 6.92 Å². The number of hydrogen-bond acceptors (Lipinski definition) is 4. The number of hydrogen-bond donors (Lipinski definition) is 1. The molecular weight excluding hydrogens is 149 g/mol. The Kier molecular flexibility index (Phi) is 2.20. The number of halogens is 1. The minimum atomic E-state index is -0.596. The van der Waals surface area contributed by atoms with E-state index in [4.69, 9.17) is 10.5 Å². The van der Waals surface area contributed by atoms with Gasteiger partial charge in [0.15, 0.2) is 0 Å². The second-order valence-electron chi connectivity index (χ2n) is 1.81. The summed E-state index contributed by atoms with van der Waals surface area (Å²) in [7, 11) is 0. The molecule has 0 saturated heterocycles. The van der Waals surface area contributed by atoms with Crippen LogP contribution >= 0.6 is 0 Å². The Morgan fingerprint density at radius 2 is 2.45 bits per heavy atom. The van der Waals surface area contributed by atoms with Gasteiger partial charge in [0.1, 0.15) is 0 Å². The van der Waals surface area contributed by atoms with Gasteiger partial charge in [0, 0.05) is 0 Å². The van der Waals surface area contributed by atoms with Gasteiger partial charge in [0.2, 0.25) is 11.8 Å². The van der Waals surface area contributed by atoms with E-state index in [0.29, 0.717) is 6.61 Å². The standard InChI is InChI=1S/C6H8FN3O/c1-2-11-5-4(7)3-9-6(8)10-5/h3H,2H2,1H3,(H2,8,9,10). The molecule has 5 heteroatoms. The molecule has 0 amide bonds. The molecule has 1 heterocycles. The van der Waals surface area contributed by atoms with Crippen LogP contribution in [0, 0.1) is 5.82 Å². The first-order chi connectivity index (χ1) is 5.24. The van der Waals surface area contributed by atoms with E-state index in [-0.39, 0.29) is 11.8 Å². The Morgan fingerprint density at radius 1 is 1.73 bits per heavy atom. The molecule has 0 bridgehead atoms. The molecule has 0 aliphatic carbocycles. The van der Waals surface area contributed by atoms with Crippen molar-refractivity contribution in [3.8, 4) is 5.88 Å². The lowest BCUT2D eigenvalue weighted by Gasteiger charge is -2.01. The molecule has 0 spiro atoms. The molecule has 0 aliphatic heterocycles. The Bertz CT molecular complexity index is 254. The van der Waals surface area contributed by atoms with Gasteiger partial charge in [-0.2, -0.15) is 9.37 Å². The van der Waals surface area contributed by atoms with Crippen LogP contribution in [0.5, 0.6) is 5.88 Å². The summed E-state index contributed by atoms with van der Waals surface area (Å²) in [5.74, 6) is -0.684. The zero-order chi connectivity index (χ0) is 8.27. The molecule has 0 aromatic carbocycles. The van der Waals surface area contributed by atoms with Gasteiger partial charge in [-0.05, 0) is 6.92 Å². The van der Waals surface area contributed by atoms with Crippen molar-refractivity contribution in [3.05, 3.63) is 12.0 Å². The predicted octanol–water partition coefficient (Wildman–Crippen LogP) is 0.597. The van der Waals surface area contributed by atoms with Crippen LogP contribution in [-0.4, -0.2) is 16.6 Å². The zero-order valence-corrected chi connectivity index (χ0v) is 6.04. The van der Waals surface area contributed by atoms with Crippen LogP contribution < -0.4 is 10.5 Å². The maximum Gasteiger partial charge on any atom is 0.255 e. The normalized spacial score (nSPS) is 9.64. The lowest BCUT2D eigenvalue weighted by atomic mass is 10.6. The summed E-state index contributed by atoms with van der Waals surface area (Å²) in [6, 6.07) is 0. The Hall–Kier alpha value is -1.39. The topological polar surface area (TPSA) is 61.0 Å². The number of aromatic nitrogens is 2. The second kappa shape index (κ2) is 3.14. The highest BCUT2D eigenvalue weighted by molar-refractivity contribution is 5.22. The van der Waals surface area contributed by atoms with Gasteiger partial charge in [-0.3, -0.25) is 0 Å². The van der Waals surface area contributed by atoms with E-state index >= 15 is 0 Å². The van der Waals surface area contributed by atoms with Gasteiger partial charge < -0.3 is 10.5 Å². The third-order valence-electron chi connectivity index (χ3n) is 1.01. The van der Waals surface area contributed by atoms with Crippen LogP contribution in [0.3, 0.4) is 0 Å². The summed E-state index contributed by atoms with van der Waals surface area (Å²) < 4.78 is 17.5. The number of rotatable bonds is 2. The number of ether oxygens (including phenoxy) is 1. The number of anilines is 1. The van der Waals surface area contributed by atoms with E-state index in [1.807, 2.05) is 0 Å². The molecule has 0 unspecified atom stereocenters. The van der Waals surface area contributed by atoms with E-state index in [1.54, 1.807) is 6.92 Å². The van der Waals surface area contributed by atoms with E-state index in [1.165, 1.54) is 0 Å². The number of nitrogens with two attached hydrogens (primary N) is 1. The molecule has 0 radical (unpaired) electrons. The van der Waals surface area contributed by atoms with Gasteiger partial charge in [-0.1, -0.05) is 0 Å². The molecule has 60 valence electrons. The summed E-state index contributed by atoms with van der Waals surface area (Å²) in [6.07, 6.45) is 0.979. The molecular formula is C6H8FN3O. The van der Waals surface area contributed by atoms with Crippen molar-refractivity contribution in [2.45, 2.75) is 6.92 Å². The van der Waals surface area contributed by atoms with Crippen LogP contribution in [0.4, 0.5) is 10.3 Å². The van der Waals surface area contributed by atoms with Gasteiger partial charge in [-0.15, -0.1) is 0 Å². The van der Waals surface area contributed by atoms with Gasteiger partial charge in [0.05, 0.1) is 12.8 Å². The second-order valence-corrected chi connectivity index (χ2v) is 1.81. The van der Waals surface area contributed by atoms with Gasteiger partial charge in [-0.25, -0.2) is 4.98 Å². The minimum absolute atomic E-state index is 0.00912. The lowest BCUT2D eigenvalue weighted by molar-refractivity contribution is 0.307. The first kappa shape index (κ1) is 7.71. The van der Waals surface area contributed by atoms with Crippen LogP contribution in [-0.2, 0) is 0 Å². The predicted molar refractivity (Wildman–Crippen MR) is 37.6 cm³/mol. The first-order valence-electron chi connectivity index (χ1n) is 3.15. The molecule has 2 N–H and O–H groups in total. The molecule has 1 aromatic rings. The lowest BCUT2D eigenvalue weighted by Crippen LogP contribution is -2.02. The van der Waals surface area contributed by atoms with Gasteiger partial charge in [0.25, 0.3) is 5.88 Å². The van der Waals surface area contributed by atoms with Crippen molar-refractivity contribution < 1.29 is 9.13 Å². The Balaban J connectivity index is 2.93. The third-order valence-corrected chi connectivity index (χ3v) is 1.01. The van der Waals surface area contributed by atoms with Crippen molar-refractivity contribution in [1.82, 2.24) is 9.97 Å². The molecule has 0 atom stereocenters. The van der Waals surface area contributed by atoms with Crippen molar-refractivity contribution in [2.75, 3.05) is 12.3 Å². The van der Waals surface area contributed by atoms with E-state index in [0.717, 1.165) is 6.20 Å². The van der Waals surface area contributed by atoms with E-state index < -0.39 is 5.82 Å². The quantitative estimate of drug-likeness (QED) is 0.682. The highest BCUT2D eigenvalue weighted by Crippen LogP contribution is 2.12. The fraction of sp³-hybridized carbons (Fsp3) is 0.333. The fourth-order valence-electron chi connectivity index (χ4n) is 0.602. The van der Waals surface area contributed by atoms with Crippen molar-refractivity contribution in [2.24, 2.45) is 0 Å². The van der Waals surface area contributed by atoms with Crippen molar-refractivity contribution in [3.63, 3.8) is 0 Å². The molecule has 0 aliphatic rings. The summed E-state index contributed by atoms with van der Waals surface area (Å²) in [4.78, 5) is 6.97.